The summed E-state index contributed by atoms with van der Waals surface area (Å²) in [7, 11) is 1.50. The van der Waals surface area contributed by atoms with Gasteiger partial charge < -0.3 is 19.3 Å². The normalized spacial score (nSPS) is 16.0. The third kappa shape index (κ3) is 4.45. The molecule has 0 aromatic heterocycles. The minimum absolute atomic E-state index is 0.193. The molecule has 1 aliphatic carbocycles. The molecule has 2 rings (SSSR count). The second-order valence-electron chi connectivity index (χ2n) is 7.45. The maximum Gasteiger partial charge on any atom is 0.193 e. The molecular weight excluding hydrogens is 408 g/mol. The Morgan fingerprint density at radius 2 is 1.72 bits per heavy atom. The van der Waals surface area contributed by atoms with Crippen molar-refractivity contribution >= 4 is 17.6 Å². The first-order valence-corrected chi connectivity index (χ1v) is 11.2. The molecule has 6 nitrogen and oxygen atoms in total. The second-order valence-corrected chi connectivity index (χ2v) is 7.45. The highest BCUT2D eigenvalue weighted by molar-refractivity contribution is 6.28. The van der Waals surface area contributed by atoms with Crippen LogP contribution in [-0.2, 0) is 14.3 Å². The van der Waals surface area contributed by atoms with Crippen LogP contribution in [0.5, 0.6) is 11.5 Å². The van der Waals surface area contributed by atoms with E-state index < -0.39 is 17.0 Å². The number of para-hydroxylation sites is 1. The van der Waals surface area contributed by atoms with Crippen LogP contribution in [0.15, 0.2) is 46.9 Å². The smallest absolute Gasteiger partial charge is 0.193 e. The second kappa shape index (κ2) is 11.0. The predicted octanol–water partition coefficient (Wildman–Crippen LogP) is 5.58. The van der Waals surface area contributed by atoms with E-state index in [-0.39, 0.29) is 11.3 Å². The summed E-state index contributed by atoms with van der Waals surface area (Å²) in [6, 6.07) is 5.41. The van der Waals surface area contributed by atoms with E-state index in [1.165, 1.54) is 13.2 Å². The number of carbonyl (C=O) groups is 2. The van der Waals surface area contributed by atoms with Gasteiger partial charge in [0.15, 0.2) is 23.1 Å². The van der Waals surface area contributed by atoms with Gasteiger partial charge in [0.05, 0.1) is 25.7 Å². The number of Topliss-reactive ketones (excluding diaryl/α,β-unsaturated/α-hetero) is 1. The molecule has 0 spiro atoms. The molecule has 0 bridgehead atoms. The molecule has 0 saturated heterocycles. The Hall–Kier alpha value is -3.02. The van der Waals surface area contributed by atoms with Crippen molar-refractivity contribution in [2.75, 3.05) is 20.3 Å². The number of hydrogen-bond donors (Lipinski definition) is 1. The first-order valence-electron chi connectivity index (χ1n) is 11.2. The molecule has 32 heavy (non-hydrogen) atoms. The third-order valence-electron chi connectivity index (χ3n) is 5.92. The maximum atomic E-state index is 13.5. The van der Waals surface area contributed by atoms with Gasteiger partial charge in [-0.05, 0) is 51.3 Å². The fraction of sp³-hybridized carbons (Fsp3) is 0.462. The van der Waals surface area contributed by atoms with Gasteiger partial charge in [-0.15, -0.1) is 0 Å². The highest BCUT2D eigenvalue weighted by Gasteiger charge is 2.49. The molecule has 174 valence electrons. The maximum absolute atomic E-state index is 13.5. The lowest BCUT2D eigenvalue weighted by atomic mass is 9.68. The van der Waals surface area contributed by atoms with E-state index in [4.69, 9.17) is 14.2 Å². The quantitative estimate of drug-likeness (QED) is 0.356. The minimum atomic E-state index is -0.962. The van der Waals surface area contributed by atoms with Gasteiger partial charge in [-0.25, -0.2) is 0 Å². The average molecular weight is 443 g/mol. The number of ketones is 2. The van der Waals surface area contributed by atoms with Crippen LogP contribution >= 0.6 is 0 Å². The summed E-state index contributed by atoms with van der Waals surface area (Å²) >= 11 is 0. The van der Waals surface area contributed by atoms with Crippen LogP contribution in [0.3, 0.4) is 0 Å². The van der Waals surface area contributed by atoms with E-state index >= 15 is 0 Å². The monoisotopic (exact) mass is 442 g/mol. The van der Waals surface area contributed by atoms with Crippen LogP contribution in [-0.4, -0.2) is 37.0 Å². The molecule has 6 heteroatoms. The van der Waals surface area contributed by atoms with Gasteiger partial charge in [-0.2, -0.15) is 0 Å². The Morgan fingerprint density at radius 1 is 1.06 bits per heavy atom. The average Bonchev–Trinajstić information content (AvgIpc) is 2.79. The van der Waals surface area contributed by atoms with Crippen molar-refractivity contribution in [3.8, 4) is 11.5 Å². The number of allylic oxidation sites excluding steroid dienone is 4. The Labute approximate surface area is 190 Å². The summed E-state index contributed by atoms with van der Waals surface area (Å²) in [5.41, 5.74) is -0.00530. The first-order chi connectivity index (χ1) is 15.4. The molecule has 0 atom stereocenters. The summed E-state index contributed by atoms with van der Waals surface area (Å²) in [6.07, 6.45) is 4.26. The number of methoxy groups -OCH3 is 1. The van der Waals surface area contributed by atoms with E-state index in [0.29, 0.717) is 60.9 Å². The molecule has 0 radical (unpaired) electrons. The lowest BCUT2D eigenvalue weighted by molar-refractivity contribution is -0.128. The lowest BCUT2D eigenvalue weighted by Gasteiger charge is -2.37. The van der Waals surface area contributed by atoms with Crippen molar-refractivity contribution in [2.45, 2.75) is 53.9 Å². The summed E-state index contributed by atoms with van der Waals surface area (Å²) in [5, 5.41) is 10.9. The zero-order chi connectivity index (χ0) is 23.9. The third-order valence-corrected chi connectivity index (χ3v) is 5.92. The van der Waals surface area contributed by atoms with Crippen LogP contribution < -0.4 is 9.47 Å². The van der Waals surface area contributed by atoms with Crippen molar-refractivity contribution in [3.05, 3.63) is 52.5 Å². The molecule has 0 saturated carbocycles. The van der Waals surface area contributed by atoms with Gasteiger partial charge in [0, 0.05) is 11.1 Å². The van der Waals surface area contributed by atoms with Crippen molar-refractivity contribution in [2.24, 2.45) is 5.41 Å². The standard InChI is InChI=1S/C26H34O6/c1-7-18-22(28)21(24(29)26(8-2,9-3)25(18)30-6)19(27)16-15-17-13-12-14-20(31-10-4)23(17)32-11-5/h12-16,28H,7-11H2,1-6H3/b16-15+. The largest absolute Gasteiger partial charge is 0.507 e. The number of rotatable bonds is 11. The van der Waals surface area contributed by atoms with Crippen molar-refractivity contribution < 1.29 is 28.9 Å². The highest BCUT2D eigenvalue weighted by atomic mass is 16.5. The van der Waals surface area contributed by atoms with Gasteiger partial charge >= 0.3 is 0 Å². The molecular formula is C26H34O6. The van der Waals surface area contributed by atoms with Gasteiger partial charge in [0.2, 0.25) is 0 Å². The van der Waals surface area contributed by atoms with Crippen molar-refractivity contribution in [1.82, 2.24) is 0 Å². The van der Waals surface area contributed by atoms with Crippen LogP contribution in [0.4, 0.5) is 0 Å². The van der Waals surface area contributed by atoms with Gasteiger partial charge in [0.25, 0.3) is 0 Å². The van der Waals surface area contributed by atoms with Crippen LogP contribution in [0.2, 0.25) is 0 Å². The minimum Gasteiger partial charge on any atom is -0.507 e. The number of aliphatic hydroxyl groups is 1. The molecule has 1 aromatic rings. The van der Waals surface area contributed by atoms with Gasteiger partial charge in [0.1, 0.15) is 17.1 Å². The molecule has 0 aliphatic heterocycles. The fourth-order valence-corrected chi connectivity index (χ4v) is 4.25. The topological polar surface area (TPSA) is 82.1 Å². The number of ether oxygens (including phenoxy) is 3. The summed E-state index contributed by atoms with van der Waals surface area (Å²) in [4.78, 5) is 26.7. The Kier molecular flexibility index (Phi) is 8.70. The van der Waals surface area contributed by atoms with E-state index in [1.54, 1.807) is 18.2 Å². The van der Waals surface area contributed by atoms with E-state index in [0.717, 1.165) is 0 Å². The highest BCUT2D eigenvalue weighted by Crippen LogP contribution is 2.46. The molecule has 1 aromatic carbocycles. The van der Waals surface area contributed by atoms with Crippen molar-refractivity contribution in [1.29, 1.82) is 0 Å². The van der Waals surface area contributed by atoms with E-state index in [1.807, 2.05) is 40.7 Å². The fourth-order valence-electron chi connectivity index (χ4n) is 4.25. The van der Waals surface area contributed by atoms with Crippen LogP contribution in [0.25, 0.3) is 6.08 Å². The zero-order valence-corrected chi connectivity index (χ0v) is 19.9. The van der Waals surface area contributed by atoms with E-state index in [9.17, 15) is 14.7 Å². The summed E-state index contributed by atoms with van der Waals surface area (Å²) in [5.74, 6) is 0.310. The molecule has 0 heterocycles. The van der Waals surface area contributed by atoms with E-state index in [2.05, 4.69) is 0 Å². The van der Waals surface area contributed by atoms with Gasteiger partial charge in [-0.3, -0.25) is 9.59 Å². The summed E-state index contributed by atoms with van der Waals surface area (Å²) < 4.78 is 16.9. The number of hydrogen-bond acceptors (Lipinski definition) is 6. The molecule has 1 aliphatic rings. The number of carbonyl (C=O) groups excluding carboxylic acids is 2. The molecule has 0 fully saturated rings. The molecule has 0 amide bonds. The number of aliphatic hydroxyl groups excluding tert-OH is 1. The molecule has 0 unspecified atom stereocenters. The summed E-state index contributed by atoms with van der Waals surface area (Å²) in [6.45, 7) is 10.3. The Morgan fingerprint density at radius 3 is 2.25 bits per heavy atom. The van der Waals surface area contributed by atoms with Crippen LogP contribution in [0.1, 0.15) is 59.4 Å². The van der Waals surface area contributed by atoms with Crippen molar-refractivity contribution in [3.63, 3.8) is 0 Å². The molecule has 1 N–H and O–H groups in total. The Bertz CT molecular complexity index is 947. The SMILES string of the molecule is CCOc1cccc(/C=C/C(=O)C2=C(O)C(CC)=C(OC)C(CC)(CC)C2=O)c1OCC. The predicted molar refractivity (Wildman–Crippen MR) is 125 cm³/mol. The Balaban J connectivity index is 2.56. The first kappa shape index (κ1) is 25.2. The number of benzene rings is 1. The van der Waals surface area contributed by atoms with Gasteiger partial charge in [-0.1, -0.05) is 32.9 Å². The lowest BCUT2D eigenvalue weighted by Crippen LogP contribution is -2.40. The van der Waals surface area contributed by atoms with Crippen LogP contribution in [0, 0.1) is 5.41 Å². The zero-order valence-electron chi connectivity index (χ0n) is 19.9.